The molecule has 1 aliphatic rings. The molecule has 1 saturated carbocycles. The van der Waals surface area contributed by atoms with Crippen LogP contribution in [0.25, 0.3) is 0 Å². The SMILES string of the molecule is C[Si](C)(C)c1cccc(OCC2CCC2)c1. The quantitative estimate of drug-likeness (QED) is 0.725. The highest BCUT2D eigenvalue weighted by Crippen LogP contribution is 2.27. The minimum atomic E-state index is -1.20. The lowest BCUT2D eigenvalue weighted by Gasteiger charge is -2.25. The van der Waals surface area contributed by atoms with Crippen LogP contribution in [0.4, 0.5) is 0 Å². The van der Waals surface area contributed by atoms with Gasteiger partial charge in [0, 0.05) is 0 Å². The Kier molecular flexibility index (Phi) is 3.38. The highest BCUT2D eigenvalue weighted by Gasteiger charge is 2.19. The van der Waals surface area contributed by atoms with Gasteiger partial charge < -0.3 is 4.74 Å². The first kappa shape index (κ1) is 11.7. The van der Waals surface area contributed by atoms with Crippen LogP contribution in [-0.4, -0.2) is 14.7 Å². The van der Waals surface area contributed by atoms with Crippen molar-refractivity contribution < 1.29 is 4.74 Å². The predicted octanol–water partition coefficient (Wildman–Crippen LogP) is 3.41. The summed E-state index contributed by atoms with van der Waals surface area (Å²) in [5.41, 5.74) is 0. The summed E-state index contributed by atoms with van der Waals surface area (Å²) in [5.74, 6) is 1.88. The van der Waals surface area contributed by atoms with Crippen molar-refractivity contribution in [2.24, 2.45) is 5.92 Å². The Labute approximate surface area is 99.8 Å². The van der Waals surface area contributed by atoms with E-state index in [1.807, 2.05) is 0 Å². The van der Waals surface area contributed by atoms with Crippen LogP contribution in [0, 0.1) is 5.92 Å². The van der Waals surface area contributed by atoms with Gasteiger partial charge >= 0.3 is 0 Å². The molecule has 0 amide bonds. The number of benzene rings is 1. The number of rotatable bonds is 4. The molecule has 0 N–H and O–H groups in total. The van der Waals surface area contributed by atoms with Gasteiger partial charge in [-0.2, -0.15) is 0 Å². The molecule has 0 unspecified atom stereocenters. The summed E-state index contributed by atoms with van der Waals surface area (Å²) in [6.07, 6.45) is 4.10. The zero-order chi connectivity index (χ0) is 11.6. The summed E-state index contributed by atoms with van der Waals surface area (Å²) in [6.45, 7) is 8.03. The van der Waals surface area contributed by atoms with Crippen LogP contribution >= 0.6 is 0 Å². The van der Waals surface area contributed by atoms with Gasteiger partial charge in [0.05, 0.1) is 14.7 Å². The zero-order valence-electron chi connectivity index (χ0n) is 10.6. The Morgan fingerprint density at radius 1 is 1.25 bits per heavy atom. The average molecular weight is 234 g/mol. The molecule has 0 atom stereocenters. The van der Waals surface area contributed by atoms with Crippen molar-refractivity contribution in [2.45, 2.75) is 38.9 Å². The minimum absolute atomic E-state index is 0.815. The molecule has 0 radical (unpaired) electrons. The third kappa shape index (κ3) is 2.88. The predicted molar refractivity (Wildman–Crippen MR) is 72.3 cm³/mol. The van der Waals surface area contributed by atoms with Crippen molar-refractivity contribution in [3.63, 3.8) is 0 Å². The van der Waals surface area contributed by atoms with Crippen molar-refractivity contribution in [1.29, 1.82) is 0 Å². The fourth-order valence-corrected chi connectivity index (χ4v) is 3.10. The lowest BCUT2D eigenvalue weighted by atomic mass is 9.86. The number of ether oxygens (including phenoxy) is 1. The fraction of sp³-hybridized carbons (Fsp3) is 0.571. The summed E-state index contributed by atoms with van der Waals surface area (Å²) in [7, 11) is -1.20. The van der Waals surface area contributed by atoms with Crippen LogP contribution in [0.5, 0.6) is 5.75 Å². The zero-order valence-corrected chi connectivity index (χ0v) is 11.6. The molecule has 0 aromatic heterocycles. The molecule has 2 rings (SSSR count). The molecule has 0 aliphatic heterocycles. The van der Waals surface area contributed by atoms with Crippen molar-refractivity contribution in [3.8, 4) is 5.75 Å². The summed E-state index contributed by atoms with van der Waals surface area (Å²) in [5, 5.41) is 1.48. The van der Waals surface area contributed by atoms with E-state index in [9.17, 15) is 0 Å². The molecule has 1 aliphatic carbocycles. The topological polar surface area (TPSA) is 9.23 Å². The third-order valence-corrected chi connectivity index (χ3v) is 5.45. The molecule has 0 saturated heterocycles. The van der Waals surface area contributed by atoms with Gasteiger partial charge in [-0.1, -0.05) is 43.4 Å². The lowest BCUT2D eigenvalue weighted by molar-refractivity contribution is 0.180. The first-order valence-electron chi connectivity index (χ1n) is 6.29. The standard InChI is InChI=1S/C14H22OSi/c1-16(2,3)14-9-5-8-13(10-14)15-11-12-6-4-7-12/h5,8-10,12H,4,6-7,11H2,1-3H3. The fourth-order valence-electron chi connectivity index (χ4n) is 1.93. The molecule has 0 bridgehead atoms. The Morgan fingerprint density at radius 3 is 2.56 bits per heavy atom. The van der Waals surface area contributed by atoms with Crippen molar-refractivity contribution >= 4 is 13.3 Å². The Bertz CT molecular complexity index is 350. The molecule has 16 heavy (non-hydrogen) atoms. The molecule has 1 fully saturated rings. The van der Waals surface area contributed by atoms with E-state index in [0.29, 0.717) is 0 Å². The molecule has 88 valence electrons. The van der Waals surface area contributed by atoms with Crippen molar-refractivity contribution in [1.82, 2.24) is 0 Å². The van der Waals surface area contributed by atoms with Crippen LogP contribution < -0.4 is 9.92 Å². The van der Waals surface area contributed by atoms with Crippen LogP contribution in [0.15, 0.2) is 24.3 Å². The molecule has 1 aromatic rings. The van der Waals surface area contributed by atoms with Gasteiger partial charge in [-0.25, -0.2) is 0 Å². The number of hydrogen-bond acceptors (Lipinski definition) is 1. The second kappa shape index (κ2) is 4.62. The third-order valence-electron chi connectivity index (χ3n) is 3.41. The normalized spacial score (nSPS) is 16.9. The molecule has 0 spiro atoms. The monoisotopic (exact) mass is 234 g/mol. The van der Waals surface area contributed by atoms with Crippen molar-refractivity contribution in [3.05, 3.63) is 24.3 Å². The Hall–Kier alpha value is -0.763. The van der Waals surface area contributed by atoms with E-state index in [0.717, 1.165) is 18.3 Å². The van der Waals surface area contributed by atoms with Crippen molar-refractivity contribution in [2.75, 3.05) is 6.61 Å². The summed E-state index contributed by atoms with van der Waals surface area (Å²) in [6, 6.07) is 8.69. The van der Waals surface area contributed by atoms with E-state index in [1.165, 1.54) is 24.4 Å². The van der Waals surface area contributed by atoms with E-state index in [1.54, 1.807) is 0 Å². The summed E-state index contributed by atoms with van der Waals surface area (Å²) in [4.78, 5) is 0. The Balaban J connectivity index is 1.98. The van der Waals surface area contributed by atoms with Gasteiger partial charge in [-0.3, -0.25) is 0 Å². The molecular formula is C14H22OSi. The number of hydrogen-bond donors (Lipinski definition) is 0. The first-order valence-corrected chi connectivity index (χ1v) is 9.79. The second-order valence-corrected chi connectivity index (χ2v) is 11.0. The van der Waals surface area contributed by atoms with E-state index >= 15 is 0 Å². The highest BCUT2D eigenvalue weighted by molar-refractivity contribution is 6.88. The molecular weight excluding hydrogens is 212 g/mol. The highest BCUT2D eigenvalue weighted by atomic mass is 28.3. The van der Waals surface area contributed by atoms with E-state index < -0.39 is 8.07 Å². The van der Waals surface area contributed by atoms with E-state index in [4.69, 9.17) is 4.74 Å². The average Bonchev–Trinajstić information content (AvgIpc) is 2.14. The minimum Gasteiger partial charge on any atom is -0.493 e. The summed E-state index contributed by atoms with van der Waals surface area (Å²) < 4.78 is 5.87. The molecule has 1 aromatic carbocycles. The van der Waals surface area contributed by atoms with Gasteiger partial charge in [-0.05, 0) is 30.9 Å². The van der Waals surface area contributed by atoms with E-state index in [2.05, 4.69) is 43.9 Å². The van der Waals surface area contributed by atoms with E-state index in [-0.39, 0.29) is 0 Å². The van der Waals surface area contributed by atoms with Gasteiger partial charge in [0.2, 0.25) is 0 Å². The van der Waals surface area contributed by atoms with Crippen LogP contribution in [-0.2, 0) is 0 Å². The van der Waals surface area contributed by atoms with Crippen LogP contribution in [0.3, 0.4) is 0 Å². The van der Waals surface area contributed by atoms with Gasteiger partial charge in [0.1, 0.15) is 5.75 Å². The smallest absolute Gasteiger partial charge is 0.119 e. The molecule has 2 heteroatoms. The lowest BCUT2D eigenvalue weighted by Crippen LogP contribution is -2.37. The largest absolute Gasteiger partial charge is 0.493 e. The van der Waals surface area contributed by atoms with Gasteiger partial charge in [0.25, 0.3) is 0 Å². The van der Waals surface area contributed by atoms with Gasteiger partial charge in [0.15, 0.2) is 0 Å². The maximum atomic E-state index is 5.87. The maximum absolute atomic E-state index is 5.87. The first-order chi connectivity index (χ1) is 7.55. The second-order valence-electron chi connectivity index (χ2n) is 5.89. The Morgan fingerprint density at radius 2 is 2.00 bits per heavy atom. The molecule has 1 nitrogen and oxygen atoms in total. The summed E-state index contributed by atoms with van der Waals surface area (Å²) >= 11 is 0. The van der Waals surface area contributed by atoms with Gasteiger partial charge in [-0.15, -0.1) is 0 Å². The maximum Gasteiger partial charge on any atom is 0.119 e. The molecule has 0 heterocycles. The van der Waals surface area contributed by atoms with Crippen LogP contribution in [0.1, 0.15) is 19.3 Å². The van der Waals surface area contributed by atoms with Crippen LogP contribution in [0.2, 0.25) is 19.6 Å².